The predicted molar refractivity (Wildman–Crippen MR) is 65.0 cm³/mol. The normalized spacial score (nSPS) is 15.3. The Balaban J connectivity index is 0.000000182. The summed E-state index contributed by atoms with van der Waals surface area (Å²) in [4.78, 5) is 3.17. The minimum absolute atomic E-state index is 1.12. The topological polar surface area (TPSA) is 19.9 Å². The molecule has 0 radical (unpaired) electrons. The second-order valence-corrected chi connectivity index (χ2v) is 6.03. The molecular weight excluding hydrogens is 305 g/mol. The van der Waals surface area contributed by atoms with E-state index < -0.39 is 7.81 Å². The van der Waals surface area contributed by atoms with E-state index in [1.165, 1.54) is 10.8 Å². The fourth-order valence-electron chi connectivity index (χ4n) is 1.64. The molecule has 0 saturated carbocycles. The standard InChI is InChI=1S/C11H8N2.F6P/c1-2-4-10-8-13-6-5-12-11(13)7-9(10)3-1;1-7(2,3,4,5)6/h1-8H;/q;-1/p+1. The van der Waals surface area contributed by atoms with Crippen LogP contribution in [0.2, 0.25) is 0 Å². The summed E-state index contributed by atoms with van der Waals surface area (Å²) >= 11 is 0. The molecule has 0 saturated heterocycles. The summed E-state index contributed by atoms with van der Waals surface area (Å²) < 4.78 is 61.3. The number of imidazole rings is 1. The molecule has 0 fully saturated rings. The Hall–Kier alpha value is -1.82. The van der Waals surface area contributed by atoms with Crippen molar-refractivity contribution >= 4 is 24.2 Å². The van der Waals surface area contributed by atoms with E-state index in [4.69, 9.17) is 0 Å². The van der Waals surface area contributed by atoms with Crippen molar-refractivity contribution in [2.45, 2.75) is 0 Å². The third-order valence-electron chi connectivity index (χ3n) is 2.31. The van der Waals surface area contributed by atoms with Gasteiger partial charge < -0.3 is 0 Å². The van der Waals surface area contributed by atoms with Crippen LogP contribution in [0.4, 0.5) is 25.2 Å². The molecule has 0 unspecified atom stereocenters. The van der Waals surface area contributed by atoms with Gasteiger partial charge in [-0.2, -0.15) is 0 Å². The molecule has 0 bridgehead atoms. The van der Waals surface area contributed by atoms with Crippen molar-refractivity contribution in [3.8, 4) is 0 Å². The molecule has 1 N–H and O–H groups in total. The van der Waals surface area contributed by atoms with Gasteiger partial charge in [-0.25, -0.2) is 9.38 Å². The second kappa shape index (κ2) is 3.85. The fourth-order valence-corrected chi connectivity index (χ4v) is 1.64. The van der Waals surface area contributed by atoms with E-state index in [9.17, 15) is 25.2 Å². The van der Waals surface area contributed by atoms with Crippen LogP contribution in [0.3, 0.4) is 0 Å². The first-order chi connectivity index (χ1) is 8.88. The molecule has 20 heavy (non-hydrogen) atoms. The summed E-state index contributed by atoms with van der Waals surface area (Å²) in [5.41, 5.74) is 1.12. The maximum atomic E-state index is 9.87. The van der Waals surface area contributed by atoms with Gasteiger partial charge in [-0.1, -0.05) is 24.3 Å². The number of benzene rings is 1. The number of nitrogens with one attached hydrogen (secondary N) is 1. The van der Waals surface area contributed by atoms with Crippen molar-refractivity contribution in [3.05, 3.63) is 48.9 Å². The van der Waals surface area contributed by atoms with Gasteiger partial charge in [0.1, 0.15) is 18.6 Å². The Bertz CT molecular complexity index is 701. The van der Waals surface area contributed by atoms with Crippen LogP contribution >= 0.6 is 7.81 Å². The third kappa shape index (κ3) is 5.05. The van der Waals surface area contributed by atoms with Crippen LogP contribution in [0.15, 0.2) is 48.9 Å². The zero-order valence-electron chi connectivity index (χ0n) is 9.78. The average molecular weight is 314 g/mol. The van der Waals surface area contributed by atoms with E-state index in [-0.39, 0.29) is 0 Å². The summed E-state index contributed by atoms with van der Waals surface area (Å²) in [7, 11) is -10.7. The molecule has 3 aromatic rings. The number of pyridine rings is 1. The molecule has 0 amide bonds. The van der Waals surface area contributed by atoms with Crippen LogP contribution in [-0.2, 0) is 0 Å². The van der Waals surface area contributed by atoms with E-state index in [1.54, 1.807) is 0 Å². The maximum absolute atomic E-state index is 10.7. The van der Waals surface area contributed by atoms with Crippen LogP contribution in [0, 0.1) is 0 Å². The number of rotatable bonds is 0. The van der Waals surface area contributed by atoms with Gasteiger partial charge in [-0.3, -0.25) is 0 Å². The van der Waals surface area contributed by atoms with E-state index in [0.717, 1.165) is 5.65 Å². The van der Waals surface area contributed by atoms with Crippen LogP contribution in [0.5, 0.6) is 0 Å². The molecule has 2 heterocycles. The van der Waals surface area contributed by atoms with Gasteiger partial charge in [0, 0.05) is 11.5 Å². The molecule has 2 aromatic heterocycles. The first-order valence-electron chi connectivity index (χ1n) is 5.32. The summed E-state index contributed by atoms with van der Waals surface area (Å²) in [5, 5.41) is 2.53. The van der Waals surface area contributed by atoms with Gasteiger partial charge >= 0.3 is 33.0 Å². The molecule has 0 atom stereocenters. The van der Waals surface area contributed by atoms with Crippen LogP contribution in [0.25, 0.3) is 16.4 Å². The summed E-state index contributed by atoms with van der Waals surface area (Å²) in [6.45, 7) is 0. The molecule has 0 aliphatic rings. The first kappa shape index (κ1) is 14.6. The Labute approximate surface area is 108 Å². The van der Waals surface area contributed by atoms with Crippen molar-refractivity contribution in [2.24, 2.45) is 0 Å². The first-order valence-corrected chi connectivity index (χ1v) is 7.35. The molecule has 0 spiro atoms. The van der Waals surface area contributed by atoms with Gasteiger partial charge in [0.15, 0.2) is 0 Å². The SMILES string of the molecule is F[P-](F)(F)(F)(F)F.c1ccc2c[n+]3cc[nH]c3cc2c1. The third-order valence-corrected chi connectivity index (χ3v) is 2.31. The zero-order valence-corrected chi connectivity index (χ0v) is 10.7. The number of hydrogen-bond donors (Lipinski definition) is 1. The maximum Gasteiger partial charge on any atom is 0.284 e. The Morgan fingerprint density at radius 2 is 1.45 bits per heavy atom. The molecule has 0 aliphatic heterocycles. The minimum Gasteiger partial charge on any atom is -0.243 e. The molecule has 9 heteroatoms. The number of aromatic amines is 1. The predicted octanol–water partition coefficient (Wildman–Crippen LogP) is 5.29. The van der Waals surface area contributed by atoms with Crippen LogP contribution in [0.1, 0.15) is 0 Å². The number of hydrogen-bond acceptors (Lipinski definition) is 0. The number of halogens is 6. The minimum atomic E-state index is -10.7. The quantitative estimate of drug-likeness (QED) is 0.330. The van der Waals surface area contributed by atoms with Crippen molar-refractivity contribution in [1.29, 1.82) is 0 Å². The van der Waals surface area contributed by atoms with E-state index in [2.05, 4.69) is 45.9 Å². The molecule has 110 valence electrons. The van der Waals surface area contributed by atoms with Crippen LogP contribution < -0.4 is 4.40 Å². The van der Waals surface area contributed by atoms with Crippen molar-refractivity contribution in [2.75, 3.05) is 0 Å². The zero-order chi connectivity index (χ0) is 15.1. The van der Waals surface area contributed by atoms with Crippen LogP contribution in [-0.4, -0.2) is 4.98 Å². The molecular formula is C11H9F6N2P. The number of fused-ring (bicyclic) bond motifs is 2. The van der Waals surface area contributed by atoms with Crippen molar-refractivity contribution in [3.63, 3.8) is 0 Å². The van der Waals surface area contributed by atoms with Crippen molar-refractivity contribution < 1.29 is 29.6 Å². The summed E-state index contributed by atoms with van der Waals surface area (Å²) in [6, 6.07) is 10.5. The smallest absolute Gasteiger partial charge is 0.243 e. The number of nitrogens with zero attached hydrogens (tertiary/aromatic N) is 1. The number of H-pyrrole nitrogens is 1. The van der Waals surface area contributed by atoms with Crippen molar-refractivity contribution in [1.82, 2.24) is 4.98 Å². The van der Waals surface area contributed by atoms with Gasteiger partial charge in [0.05, 0.1) is 0 Å². The van der Waals surface area contributed by atoms with E-state index >= 15 is 0 Å². The largest absolute Gasteiger partial charge is 0.284 e. The molecule has 3 rings (SSSR count). The van der Waals surface area contributed by atoms with Gasteiger partial charge in [-0.05, 0) is 5.39 Å². The van der Waals surface area contributed by atoms with Gasteiger partial charge in [0.25, 0.3) is 5.65 Å². The Morgan fingerprint density at radius 3 is 2.05 bits per heavy atom. The fraction of sp³-hybridized carbons (Fsp3) is 0. The molecule has 0 aliphatic carbocycles. The van der Waals surface area contributed by atoms with Gasteiger partial charge in [-0.15, -0.1) is 0 Å². The molecule has 1 aromatic carbocycles. The summed E-state index contributed by atoms with van der Waals surface area (Å²) in [5.74, 6) is 0. The Kier molecular flexibility index (Phi) is 2.81. The Morgan fingerprint density at radius 1 is 0.900 bits per heavy atom. The van der Waals surface area contributed by atoms with Gasteiger partial charge in [0.2, 0.25) is 0 Å². The number of aromatic nitrogens is 2. The summed E-state index contributed by atoms with van der Waals surface area (Å²) in [6.07, 6.45) is 6.08. The van der Waals surface area contributed by atoms with E-state index in [1.807, 2.05) is 12.4 Å². The monoisotopic (exact) mass is 314 g/mol. The van der Waals surface area contributed by atoms with E-state index in [0.29, 0.717) is 0 Å². The second-order valence-electron chi connectivity index (χ2n) is 4.11. The molecule has 2 nitrogen and oxygen atoms in total. The average Bonchev–Trinajstić information content (AvgIpc) is 2.68.